The van der Waals surface area contributed by atoms with Gasteiger partial charge in [-0.1, -0.05) is 18.2 Å². The van der Waals surface area contributed by atoms with Crippen LogP contribution in [-0.2, 0) is 6.54 Å². The Kier molecular flexibility index (Phi) is 6.73. The molecule has 0 bridgehead atoms. The zero-order valence-corrected chi connectivity index (χ0v) is 19.5. The number of aryl methyl sites for hydroxylation is 2. The zero-order valence-electron chi connectivity index (χ0n) is 19.5. The number of benzene rings is 1. The number of hydrogen-bond donors (Lipinski definition) is 1. The molecule has 168 valence electrons. The molecule has 0 aliphatic carbocycles. The lowest BCUT2D eigenvalue weighted by Crippen LogP contribution is -2.52. The Morgan fingerprint density at radius 2 is 1.84 bits per heavy atom. The lowest BCUT2D eigenvalue weighted by Gasteiger charge is -2.38. The van der Waals surface area contributed by atoms with E-state index in [0.717, 1.165) is 55.9 Å². The van der Waals surface area contributed by atoms with E-state index in [-0.39, 0.29) is 0 Å². The third kappa shape index (κ3) is 4.77. The van der Waals surface area contributed by atoms with Crippen LogP contribution in [-0.4, -0.2) is 58.1 Å². The molecule has 3 aromatic rings. The van der Waals surface area contributed by atoms with Gasteiger partial charge >= 0.3 is 0 Å². The van der Waals surface area contributed by atoms with E-state index in [1.54, 1.807) is 6.20 Å². The van der Waals surface area contributed by atoms with Crippen LogP contribution in [0, 0.1) is 20.8 Å². The number of hydrogen-bond acceptors (Lipinski definition) is 4. The minimum absolute atomic E-state index is 0.607. The van der Waals surface area contributed by atoms with Gasteiger partial charge in [-0.05, 0) is 56.5 Å². The molecule has 0 amide bonds. The van der Waals surface area contributed by atoms with Crippen LogP contribution in [0.5, 0.6) is 0 Å². The fourth-order valence-corrected chi connectivity index (χ4v) is 4.10. The highest BCUT2D eigenvalue weighted by atomic mass is 15.3. The summed E-state index contributed by atoms with van der Waals surface area (Å²) in [5, 5.41) is 3.46. The molecule has 4 rings (SSSR count). The minimum Gasteiger partial charge on any atom is -0.368 e. The molecule has 1 saturated heterocycles. The molecule has 1 aromatic carbocycles. The van der Waals surface area contributed by atoms with Crippen molar-refractivity contribution in [1.82, 2.24) is 24.8 Å². The summed E-state index contributed by atoms with van der Waals surface area (Å²) < 4.78 is 1.98. The molecule has 0 radical (unpaired) electrons. The monoisotopic (exact) mass is 431 g/mol. The van der Waals surface area contributed by atoms with Crippen molar-refractivity contribution in [2.45, 2.75) is 34.2 Å². The van der Waals surface area contributed by atoms with Crippen molar-refractivity contribution >= 4 is 11.6 Å². The molecule has 0 atom stereocenters. The van der Waals surface area contributed by atoms with E-state index in [0.29, 0.717) is 6.54 Å². The number of anilines is 1. The maximum Gasteiger partial charge on any atom is 0.194 e. The first-order valence-electron chi connectivity index (χ1n) is 11.4. The first-order valence-corrected chi connectivity index (χ1v) is 11.4. The number of nitrogens with zero attached hydrogens (tertiary/aromatic N) is 6. The van der Waals surface area contributed by atoms with E-state index in [1.165, 1.54) is 16.8 Å². The number of rotatable bonds is 5. The Labute approximate surface area is 190 Å². The summed E-state index contributed by atoms with van der Waals surface area (Å²) in [7, 11) is 0. The van der Waals surface area contributed by atoms with Crippen LogP contribution in [0.4, 0.5) is 5.69 Å². The molecule has 1 aliphatic rings. The molecule has 7 heteroatoms. The van der Waals surface area contributed by atoms with E-state index in [1.807, 2.05) is 30.0 Å². The van der Waals surface area contributed by atoms with Gasteiger partial charge < -0.3 is 15.1 Å². The maximum atomic E-state index is 4.90. The molecule has 1 fully saturated rings. The van der Waals surface area contributed by atoms with Gasteiger partial charge in [0.1, 0.15) is 11.6 Å². The van der Waals surface area contributed by atoms with Gasteiger partial charge in [0.2, 0.25) is 0 Å². The van der Waals surface area contributed by atoms with Gasteiger partial charge in [0.15, 0.2) is 5.96 Å². The second-order valence-electron chi connectivity index (χ2n) is 8.23. The number of piperazine rings is 1. The number of guanidine groups is 1. The third-order valence-corrected chi connectivity index (χ3v) is 6.12. The molecular weight excluding hydrogens is 398 g/mol. The standard InChI is InChI=1S/C25H33N7/c1-5-26-25(29-18-22-9-10-24(28-17-22)32-12-11-27-21(32)4)31-15-13-30(14-16-31)23-8-6-7-19(2)20(23)3/h6-12,17H,5,13-16,18H2,1-4H3,(H,26,29). The smallest absolute Gasteiger partial charge is 0.194 e. The van der Waals surface area contributed by atoms with Crippen LogP contribution in [0.1, 0.15) is 29.4 Å². The molecule has 0 spiro atoms. The number of nitrogens with one attached hydrogen (secondary N) is 1. The largest absolute Gasteiger partial charge is 0.368 e. The molecule has 3 heterocycles. The predicted molar refractivity (Wildman–Crippen MR) is 131 cm³/mol. The molecule has 32 heavy (non-hydrogen) atoms. The van der Waals surface area contributed by atoms with Crippen molar-refractivity contribution < 1.29 is 0 Å². The Hall–Kier alpha value is -3.35. The molecule has 1 N–H and O–H groups in total. The fourth-order valence-electron chi connectivity index (χ4n) is 4.10. The normalized spacial score (nSPS) is 14.7. The Morgan fingerprint density at radius 3 is 2.50 bits per heavy atom. The van der Waals surface area contributed by atoms with Crippen molar-refractivity contribution in [1.29, 1.82) is 0 Å². The predicted octanol–water partition coefficient (Wildman–Crippen LogP) is 3.48. The summed E-state index contributed by atoms with van der Waals surface area (Å²) in [5.41, 5.74) is 5.17. The van der Waals surface area contributed by atoms with E-state index in [4.69, 9.17) is 4.99 Å². The van der Waals surface area contributed by atoms with Crippen molar-refractivity contribution in [2.24, 2.45) is 4.99 Å². The molecule has 0 unspecified atom stereocenters. The highest BCUT2D eigenvalue weighted by molar-refractivity contribution is 5.80. The Morgan fingerprint density at radius 1 is 1.03 bits per heavy atom. The van der Waals surface area contributed by atoms with Crippen LogP contribution in [0.25, 0.3) is 5.82 Å². The highest BCUT2D eigenvalue weighted by Crippen LogP contribution is 2.24. The average Bonchev–Trinajstić information content (AvgIpc) is 3.25. The van der Waals surface area contributed by atoms with Gasteiger partial charge in [-0.15, -0.1) is 0 Å². The SMILES string of the molecule is CCNC(=NCc1ccc(-n2ccnc2C)nc1)N1CCN(c2cccc(C)c2C)CC1. The molecule has 2 aromatic heterocycles. The van der Waals surface area contributed by atoms with Crippen LogP contribution in [0.2, 0.25) is 0 Å². The van der Waals surface area contributed by atoms with Crippen LogP contribution >= 0.6 is 0 Å². The van der Waals surface area contributed by atoms with Gasteiger partial charge in [0, 0.05) is 57.0 Å². The summed E-state index contributed by atoms with van der Waals surface area (Å²) >= 11 is 0. The van der Waals surface area contributed by atoms with Crippen LogP contribution in [0.3, 0.4) is 0 Å². The first-order chi connectivity index (χ1) is 15.6. The minimum atomic E-state index is 0.607. The lowest BCUT2D eigenvalue weighted by atomic mass is 10.1. The third-order valence-electron chi connectivity index (χ3n) is 6.12. The van der Waals surface area contributed by atoms with Crippen molar-refractivity contribution in [3.8, 4) is 5.82 Å². The fraction of sp³-hybridized carbons (Fsp3) is 0.400. The lowest BCUT2D eigenvalue weighted by molar-refractivity contribution is 0.372. The zero-order chi connectivity index (χ0) is 22.5. The second kappa shape index (κ2) is 9.85. The van der Waals surface area contributed by atoms with Crippen molar-refractivity contribution in [2.75, 3.05) is 37.6 Å². The van der Waals surface area contributed by atoms with Crippen molar-refractivity contribution in [3.63, 3.8) is 0 Å². The summed E-state index contributed by atoms with van der Waals surface area (Å²) in [6.45, 7) is 13.9. The van der Waals surface area contributed by atoms with E-state index >= 15 is 0 Å². The van der Waals surface area contributed by atoms with Crippen LogP contribution < -0.4 is 10.2 Å². The number of imidazole rings is 1. The highest BCUT2D eigenvalue weighted by Gasteiger charge is 2.21. The maximum absolute atomic E-state index is 4.90. The number of aliphatic imine (C=N–C) groups is 1. The number of pyridine rings is 1. The van der Waals surface area contributed by atoms with Gasteiger partial charge in [0.25, 0.3) is 0 Å². The molecular formula is C25H33N7. The Bertz CT molecular complexity index is 1060. The first kappa shape index (κ1) is 21.9. The van der Waals surface area contributed by atoms with E-state index < -0.39 is 0 Å². The molecule has 7 nitrogen and oxygen atoms in total. The van der Waals surface area contributed by atoms with Gasteiger partial charge in [-0.25, -0.2) is 15.0 Å². The average molecular weight is 432 g/mol. The van der Waals surface area contributed by atoms with E-state index in [9.17, 15) is 0 Å². The second-order valence-corrected chi connectivity index (χ2v) is 8.23. The Balaban J connectivity index is 1.40. The summed E-state index contributed by atoms with van der Waals surface area (Å²) in [4.78, 5) is 18.6. The summed E-state index contributed by atoms with van der Waals surface area (Å²) in [5.74, 6) is 2.78. The van der Waals surface area contributed by atoms with Crippen LogP contribution in [0.15, 0.2) is 53.9 Å². The molecule has 1 aliphatic heterocycles. The van der Waals surface area contributed by atoms with Gasteiger partial charge in [0.05, 0.1) is 6.54 Å². The quantitative estimate of drug-likeness (QED) is 0.495. The topological polar surface area (TPSA) is 61.6 Å². The van der Waals surface area contributed by atoms with Crippen molar-refractivity contribution in [3.05, 3.63) is 71.4 Å². The van der Waals surface area contributed by atoms with Gasteiger partial charge in [-0.2, -0.15) is 0 Å². The number of aromatic nitrogens is 3. The summed E-state index contributed by atoms with van der Waals surface area (Å²) in [6, 6.07) is 10.7. The summed E-state index contributed by atoms with van der Waals surface area (Å²) in [6.07, 6.45) is 5.62. The molecule has 0 saturated carbocycles. The van der Waals surface area contributed by atoms with E-state index in [2.05, 4.69) is 70.1 Å². The van der Waals surface area contributed by atoms with Gasteiger partial charge in [-0.3, -0.25) is 4.57 Å².